The Morgan fingerprint density at radius 2 is 1.92 bits per heavy atom. The first-order valence-corrected chi connectivity index (χ1v) is 4.63. The predicted octanol–water partition coefficient (Wildman–Crippen LogP) is -0.323. The van der Waals surface area contributed by atoms with Crippen molar-refractivity contribution in [2.24, 2.45) is 17.6 Å². The van der Waals surface area contributed by atoms with Gasteiger partial charge in [0, 0.05) is 0 Å². The van der Waals surface area contributed by atoms with Crippen molar-refractivity contribution < 1.29 is 9.59 Å². The van der Waals surface area contributed by atoms with Gasteiger partial charge in [-0.2, -0.15) is 0 Å². The number of hydrogen-bond donors (Lipinski definition) is 2. The Hall–Kier alpha value is -0.900. The first-order chi connectivity index (χ1) is 6.13. The maximum absolute atomic E-state index is 11.2. The van der Waals surface area contributed by atoms with E-state index in [0.29, 0.717) is 0 Å². The Bertz CT molecular complexity index is 196. The largest absolute Gasteiger partial charge is 0.369 e. The van der Waals surface area contributed by atoms with Gasteiger partial charge < -0.3 is 11.1 Å². The van der Waals surface area contributed by atoms with Crippen LogP contribution in [0.25, 0.3) is 0 Å². The van der Waals surface area contributed by atoms with Crippen molar-refractivity contribution in [3.63, 3.8) is 0 Å². The van der Waals surface area contributed by atoms with Crippen molar-refractivity contribution in [3.8, 4) is 0 Å². The van der Waals surface area contributed by atoms with E-state index in [9.17, 15) is 9.59 Å². The van der Waals surface area contributed by atoms with Gasteiger partial charge in [-0.25, -0.2) is 0 Å². The van der Waals surface area contributed by atoms with Gasteiger partial charge in [-0.3, -0.25) is 9.59 Å². The summed E-state index contributed by atoms with van der Waals surface area (Å²) in [4.78, 5) is 22.2. The van der Waals surface area contributed by atoms with Crippen molar-refractivity contribution in [2.75, 3.05) is 13.1 Å². The van der Waals surface area contributed by atoms with Gasteiger partial charge in [0.1, 0.15) is 5.78 Å². The molecule has 4 nitrogen and oxygen atoms in total. The van der Waals surface area contributed by atoms with E-state index in [-0.39, 0.29) is 11.7 Å². The molecule has 3 N–H and O–H groups in total. The van der Waals surface area contributed by atoms with Gasteiger partial charge in [-0.15, -0.1) is 0 Å². The van der Waals surface area contributed by atoms with Gasteiger partial charge >= 0.3 is 0 Å². The lowest BCUT2D eigenvalue weighted by Gasteiger charge is -2.26. The van der Waals surface area contributed by atoms with E-state index in [1.807, 2.05) is 0 Å². The zero-order chi connectivity index (χ0) is 9.84. The van der Waals surface area contributed by atoms with Crippen LogP contribution >= 0.6 is 0 Å². The molecule has 1 heterocycles. The lowest BCUT2D eigenvalue weighted by Crippen LogP contribution is -2.40. The third kappa shape index (κ3) is 2.52. The zero-order valence-corrected chi connectivity index (χ0v) is 7.88. The molecule has 1 amide bonds. The number of nitrogens with two attached hydrogens (primary N) is 1. The minimum atomic E-state index is -0.568. The van der Waals surface area contributed by atoms with Gasteiger partial charge in [-0.05, 0) is 38.8 Å². The Morgan fingerprint density at radius 1 is 1.38 bits per heavy atom. The third-order valence-electron chi connectivity index (χ3n) is 2.60. The molecule has 0 bridgehead atoms. The number of amides is 1. The van der Waals surface area contributed by atoms with Crippen LogP contribution in [0.15, 0.2) is 0 Å². The molecule has 1 unspecified atom stereocenters. The number of carbonyl (C=O) groups excluding carboxylic acids is 2. The average molecular weight is 184 g/mol. The fourth-order valence-corrected chi connectivity index (χ4v) is 1.94. The van der Waals surface area contributed by atoms with Crippen LogP contribution < -0.4 is 11.1 Å². The predicted molar refractivity (Wildman–Crippen MR) is 49.0 cm³/mol. The highest BCUT2D eigenvalue weighted by Gasteiger charge is 2.31. The molecule has 1 aliphatic heterocycles. The second-order valence-corrected chi connectivity index (χ2v) is 3.58. The summed E-state index contributed by atoms with van der Waals surface area (Å²) in [6, 6.07) is 0. The lowest BCUT2D eigenvalue weighted by molar-refractivity contribution is -0.133. The summed E-state index contributed by atoms with van der Waals surface area (Å²) in [7, 11) is 0. The molecule has 0 aliphatic carbocycles. The van der Waals surface area contributed by atoms with E-state index in [2.05, 4.69) is 5.32 Å². The van der Waals surface area contributed by atoms with Crippen LogP contribution in [0.4, 0.5) is 0 Å². The molecule has 0 aromatic carbocycles. The smallest absolute Gasteiger partial charge is 0.228 e. The summed E-state index contributed by atoms with van der Waals surface area (Å²) in [5.41, 5.74) is 5.19. The number of carbonyl (C=O) groups is 2. The fourth-order valence-electron chi connectivity index (χ4n) is 1.94. The molecule has 74 valence electrons. The van der Waals surface area contributed by atoms with Crippen LogP contribution in [-0.2, 0) is 9.59 Å². The molecule has 0 aromatic heterocycles. The summed E-state index contributed by atoms with van der Waals surface area (Å²) >= 11 is 0. The topological polar surface area (TPSA) is 72.2 Å². The number of ketones is 1. The van der Waals surface area contributed by atoms with Crippen molar-refractivity contribution >= 4 is 11.7 Å². The van der Waals surface area contributed by atoms with E-state index < -0.39 is 11.8 Å². The minimum Gasteiger partial charge on any atom is -0.369 e. The maximum Gasteiger partial charge on any atom is 0.228 e. The van der Waals surface area contributed by atoms with Crippen molar-refractivity contribution in [2.45, 2.75) is 19.8 Å². The van der Waals surface area contributed by atoms with Crippen molar-refractivity contribution in [1.29, 1.82) is 0 Å². The molecule has 1 saturated heterocycles. The third-order valence-corrected chi connectivity index (χ3v) is 2.60. The molecular formula is C9H16N2O2. The van der Waals surface area contributed by atoms with Gasteiger partial charge in [-0.1, -0.05) is 0 Å². The van der Waals surface area contributed by atoms with Gasteiger partial charge in [0.2, 0.25) is 5.91 Å². The zero-order valence-electron chi connectivity index (χ0n) is 7.88. The van der Waals surface area contributed by atoms with Gasteiger partial charge in [0.05, 0.1) is 5.92 Å². The molecule has 0 radical (unpaired) electrons. The molecule has 1 atom stereocenters. The van der Waals surface area contributed by atoms with Gasteiger partial charge in [0.25, 0.3) is 0 Å². The van der Waals surface area contributed by atoms with Crippen LogP contribution in [0, 0.1) is 11.8 Å². The number of Topliss-reactive ketones (excluding diaryl/α,β-unsaturated/α-hetero) is 1. The summed E-state index contributed by atoms with van der Waals surface area (Å²) in [6.07, 6.45) is 1.74. The molecular weight excluding hydrogens is 168 g/mol. The highest BCUT2D eigenvalue weighted by Crippen LogP contribution is 2.22. The standard InChI is InChI=1S/C9H16N2O2/c1-6(12)8(9(10)13)7-2-4-11-5-3-7/h7-8,11H,2-5H2,1H3,(H2,10,13). The molecule has 1 fully saturated rings. The monoisotopic (exact) mass is 184 g/mol. The molecule has 0 spiro atoms. The second kappa shape index (κ2) is 4.37. The SMILES string of the molecule is CC(=O)C(C(N)=O)C1CCNCC1. The first kappa shape index (κ1) is 10.2. The lowest BCUT2D eigenvalue weighted by atomic mass is 9.82. The number of piperidine rings is 1. The molecule has 4 heteroatoms. The van der Waals surface area contributed by atoms with E-state index in [0.717, 1.165) is 25.9 Å². The Morgan fingerprint density at radius 3 is 2.31 bits per heavy atom. The Labute approximate surface area is 77.9 Å². The average Bonchev–Trinajstić information content (AvgIpc) is 2.04. The number of rotatable bonds is 3. The normalized spacial score (nSPS) is 21.0. The number of hydrogen-bond acceptors (Lipinski definition) is 3. The molecule has 1 rings (SSSR count). The number of primary amides is 1. The quantitative estimate of drug-likeness (QED) is 0.590. The number of nitrogens with one attached hydrogen (secondary N) is 1. The fraction of sp³-hybridized carbons (Fsp3) is 0.778. The van der Waals surface area contributed by atoms with E-state index in [4.69, 9.17) is 5.73 Å². The van der Waals surface area contributed by atoms with Crippen LogP contribution in [0.3, 0.4) is 0 Å². The summed E-state index contributed by atoms with van der Waals surface area (Å²) in [5, 5.41) is 3.18. The van der Waals surface area contributed by atoms with Crippen LogP contribution in [0.5, 0.6) is 0 Å². The van der Waals surface area contributed by atoms with E-state index in [1.54, 1.807) is 0 Å². The van der Waals surface area contributed by atoms with E-state index in [1.165, 1.54) is 6.92 Å². The minimum absolute atomic E-state index is 0.0978. The van der Waals surface area contributed by atoms with Crippen LogP contribution in [-0.4, -0.2) is 24.8 Å². The van der Waals surface area contributed by atoms with E-state index >= 15 is 0 Å². The second-order valence-electron chi connectivity index (χ2n) is 3.58. The Kier molecular flexibility index (Phi) is 3.42. The molecule has 0 saturated carbocycles. The highest BCUT2D eigenvalue weighted by atomic mass is 16.2. The van der Waals surface area contributed by atoms with Gasteiger partial charge in [0.15, 0.2) is 0 Å². The highest BCUT2D eigenvalue weighted by molar-refractivity contribution is 5.99. The summed E-state index contributed by atoms with van der Waals surface area (Å²) in [5.74, 6) is -0.989. The Balaban J connectivity index is 2.62. The van der Waals surface area contributed by atoms with Crippen molar-refractivity contribution in [3.05, 3.63) is 0 Å². The maximum atomic E-state index is 11.2. The van der Waals surface area contributed by atoms with Crippen molar-refractivity contribution in [1.82, 2.24) is 5.32 Å². The van der Waals surface area contributed by atoms with Crippen LogP contribution in [0.1, 0.15) is 19.8 Å². The first-order valence-electron chi connectivity index (χ1n) is 4.63. The molecule has 1 aliphatic rings. The van der Waals surface area contributed by atoms with Crippen LogP contribution in [0.2, 0.25) is 0 Å². The molecule has 0 aromatic rings. The summed E-state index contributed by atoms with van der Waals surface area (Å²) in [6.45, 7) is 3.20. The summed E-state index contributed by atoms with van der Waals surface area (Å²) < 4.78 is 0. The molecule has 13 heavy (non-hydrogen) atoms.